The number of carboxylic acids is 1. The van der Waals surface area contributed by atoms with Crippen LogP contribution in [0, 0.1) is 10.1 Å². The Balaban J connectivity index is 2.10. The Morgan fingerprint density at radius 2 is 2.05 bits per heavy atom. The second kappa shape index (κ2) is 5.49. The molecule has 0 aliphatic rings. The number of nitro benzene ring substituents is 1. The molecule has 0 aliphatic heterocycles. The van der Waals surface area contributed by atoms with Gasteiger partial charge >= 0.3 is 11.7 Å². The molecule has 0 amide bonds. The first kappa shape index (κ1) is 13.0. The van der Waals surface area contributed by atoms with E-state index in [4.69, 9.17) is 9.84 Å². The van der Waals surface area contributed by atoms with Crippen molar-refractivity contribution in [2.24, 2.45) is 0 Å². The minimum atomic E-state index is -0.998. The molecular formula is C12H9NO5S. The van der Waals surface area contributed by atoms with Crippen LogP contribution < -0.4 is 4.74 Å². The van der Waals surface area contributed by atoms with E-state index in [1.54, 1.807) is 18.2 Å². The molecule has 19 heavy (non-hydrogen) atoms. The van der Waals surface area contributed by atoms with Crippen LogP contribution in [-0.2, 0) is 6.61 Å². The Labute approximate surface area is 112 Å². The van der Waals surface area contributed by atoms with E-state index >= 15 is 0 Å². The van der Waals surface area contributed by atoms with Gasteiger partial charge in [-0.15, -0.1) is 11.3 Å². The first-order chi connectivity index (χ1) is 9.08. The Bertz CT molecular complexity index is 622. The van der Waals surface area contributed by atoms with Crippen molar-refractivity contribution in [2.75, 3.05) is 0 Å². The number of para-hydroxylation sites is 2. The molecule has 98 valence electrons. The zero-order valence-corrected chi connectivity index (χ0v) is 10.4. The maximum absolute atomic E-state index is 10.8. The molecule has 0 spiro atoms. The molecule has 2 rings (SSSR count). The first-order valence-electron chi connectivity index (χ1n) is 5.26. The number of nitrogens with zero attached hydrogens (tertiary/aromatic N) is 1. The van der Waals surface area contributed by atoms with Crippen LogP contribution in [0.3, 0.4) is 0 Å². The fourth-order valence-corrected chi connectivity index (χ4v) is 2.21. The predicted octanol–water partition coefficient (Wildman–Crippen LogP) is 2.93. The molecule has 0 aliphatic carbocycles. The lowest BCUT2D eigenvalue weighted by atomic mass is 10.3. The summed E-state index contributed by atoms with van der Waals surface area (Å²) in [5.41, 5.74) is -0.113. The molecule has 1 heterocycles. The highest BCUT2D eigenvalue weighted by molar-refractivity contribution is 7.13. The molecule has 2 aromatic rings. The van der Waals surface area contributed by atoms with Crippen LogP contribution >= 0.6 is 11.3 Å². The van der Waals surface area contributed by atoms with Crippen molar-refractivity contribution in [3.8, 4) is 5.75 Å². The third-order valence-electron chi connectivity index (χ3n) is 2.30. The van der Waals surface area contributed by atoms with E-state index in [1.165, 1.54) is 18.2 Å². The maximum Gasteiger partial charge on any atom is 0.345 e. The molecule has 1 aromatic carbocycles. The molecule has 6 nitrogen and oxygen atoms in total. The molecule has 7 heteroatoms. The van der Waals surface area contributed by atoms with Gasteiger partial charge in [0.05, 0.1) is 4.92 Å². The summed E-state index contributed by atoms with van der Waals surface area (Å²) in [5.74, 6) is -0.834. The van der Waals surface area contributed by atoms with Gasteiger partial charge < -0.3 is 9.84 Å². The first-order valence-corrected chi connectivity index (χ1v) is 6.08. The number of aromatic carboxylic acids is 1. The summed E-state index contributed by atoms with van der Waals surface area (Å²) >= 11 is 1.08. The molecule has 0 atom stereocenters. The number of ether oxygens (including phenoxy) is 1. The van der Waals surface area contributed by atoms with Crippen LogP contribution in [0.4, 0.5) is 5.69 Å². The quantitative estimate of drug-likeness (QED) is 0.671. The lowest BCUT2D eigenvalue weighted by Crippen LogP contribution is -1.97. The summed E-state index contributed by atoms with van der Waals surface area (Å²) in [5, 5.41) is 19.6. The second-order valence-electron chi connectivity index (χ2n) is 3.58. The monoisotopic (exact) mass is 279 g/mol. The van der Waals surface area contributed by atoms with E-state index in [0.29, 0.717) is 4.88 Å². The van der Waals surface area contributed by atoms with Crippen molar-refractivity contribution in [3.05, 3.63) is 56.3 Å². The van der Waals surface area contributed by atoms with Crippen molar-refractivity contribution in [2.45, 2.75) is 6.61 Å². The normalized spacial score (nSPS) is 10.1. The molecule has 0 bridgehead atoms. The van der Waals surface area contributed by atoms with E-state index in [-0.39, 0.29) is 22.9 Å². The summed E-state index contributed by atoms with van der Waals surface area (Å²) in [7, 11) is 0. The van der Waals surface area contributed by atoms with Gasteiger partial charge in [0, 0.05) is 10.9 Å². The van der Waals surface area contributed by atoms with Gasteiger partial charge in [-0.1, -0.05) is 12.1 Å². The molecule has 1 aromatic heterocycles. The van der Waals surface area contributed by atoms with E-state index in [9.17, 15) is 14.9 Å². The molecule has 0 radical (unpaired) electrons. The second-order valence-corrected chi connectivity index (χ2v) is 4.75. The van der Waals surface area contributed by atoms with Gasteiger partial charge in [-0.2, -0.15) is 0 Å². The van der Waals surface area contributed by atoms with E-state index < -0.39 is 10.9 Å². The highest BCUT2D eigenvalue weighted by Crippen LogP contribution is 2.27. The van der Waals surface area contributed by atoms with Crippen LogP contribution in [0.1, 0.15) is 14.5 Å². The SMILES string of the molecule is O=C(O)c1ccc(COc2ccccc2[N+](=O)[O-])s1. The van der Waals surface area contributed by atoms with Crippen molar-refractivity contribution in [3.63, 3.8) is 0 Å². The molecule has 0 saturated carbocycles. The summed E-state index contributed by atoms with van der Waals surface area (Å²) < 4.78 is 5.35. The Kier molecular flexibility index (Phi) is 3.76. The van der Waals surface area contributed by atoms with Crippen molar-refractivity contribution >= 4 is 23.0 Å². The van der Waals surface area contributed by atoms with Crippen LogP contribution in [0.2, 0.25) is 0 Å². The van der Waals surface area contributed by atoms with Crippen molar-refractivity contribution in [1.82, 2.24) is 0 Å². The molecular weight excluding hydrogens is 270 g/mol. The zero-order valence-electron chi connectivity index (χ0n) is 9.61. The summed E-state index contributed by atoms with van der Waals surface area (Å²) in [6.07, 6.45) is 0. The van der Waals surface area contributed by atoms with Crippen LogP contribution in [0.5, 0.6) is 5.75 Å². The highest BCUT2D eigenvalue weighted by atomic mass is 32.1. The topological polar surface area (TPSA) is 89.7 Å². The number of hydrogen-bond acceptors (Lipinski definition) is 5. The number of carbonyl (C=O) groups is 1. The number of thiophene rings is 1. The summed E-state index contributed by atoms with van der Waals surface area (Å²) in [6, 6.07) is 9.16. The van der Waals surface area contributed by atoms with Gasteiger partial charge in [0.15, 0.2) is 5.75 Å². The van der Waals surface area contributed by atoms with Crippen LogP contribution in [0.25, 0.3) is 0 Å². The minimum Gasteiger partial charge on any atom is -0.481 e. The predicted molar refractivity (Wildman–Crippen MR) is 68.7 cm³/mol. The summed E-state index contributed by atoms with van der Waals surface area (Å²) in [6.45, 7) is 0.1000. The molecule has 0 unspecified atom stereocenters. The van der Waals surface area contributed by atoms with Crippen molar-refractivity contribution < 1.29 is 19.6 Å². The van der Waals surface area contributed by atoms with Gasteiger partial charge in [-0.05, 0) is 18.2 Å². The van der Waals surface area contributed by atoms with Gasteiger partial charge in [-0.25, -0.2) is 4.79 Å². The van der Waals surface area contributed by atoms with Gasteiger partial charge in [-0.3, -0.25) is 10.1 Å². The highest BCUT2D eigenvalue weighted by Gasteiger charge is 2.14. The number of benzene rings is 1. The number of carboxylic acid groups (broad SMARTS) is 1. The van der Waals surface area contributed by atoms with Gasteiger partial charge in [0.25, 0.3) is 0 Å². The van der Waals surface area contributed by atoms with Crippen LogP contribution in [0.15, 0.2) is 36.4 Å². The summed E-state index contributed by atoms with van der Waals surface area (Å²) in [4.78, 5) is 21.9. The Hall–Kier alpha value is -2.41. The zero-order chi connectivity index (χ0) is 13.8. The van der Waals surface area contributed by atoms with Crippen LogP contribution in [-0.4, -0.2) is 16.0 Å². The van der Waals surface area contributed by atoms with Gasteiger partial charge in [0.2, 0.25) is 0 Å². The van der Waals surface area contributed by atoms with E-state index in [0.717, 1.165) is 11.3 Å². The number of hydrogen-bond donors (Lipinski definition) is 1. The number of nitro groups is 1. The minimum absolute atomic E-state index is 0.1000. The third kappa shape index (κ3) is 3.08. The molecule has 0 saturated heterocycles. The maximum atomic E-state index is 10.8. The fourth-order valence-electron chi connectivity index (χ4n) is 1.45. The van der Waals surface area contributed by atoms with E-state index in [1.807, 2.05) is 0 Å². The Morgan fingerprint density at radius 3 is 2.68 bits per heavy atom. The van der Waals surface area contributed by atoms with Crippen molar-refractivity contribution in [1.29, 1.82) is 0 Å². The average Bonchev–Trinajstić information content (AvgIpc) is 2.85. The average molecular weight is 279 g/mol. The fraction of sp³-hybridized carbons (Fsp3) is 0.0833. The third-order valence-corrected chi connectivity index (χ3v) is 3.35. The molecule has 1 N–H and O–H groups in total. The van der Waals surface area contributed by atoms with E-state index in [2.05, 4.69) is 0 Å². The lowest BCUT2D eigenvalue weighted by Gasteiger charge is -2.04. The lowest BCUT2D eigenvalue weighted by molar-refractivity contribution is -0.385. The standard InChI is InChI=1S/C12H9NO5S/c14-12(15)11-6-5-8(19-11)7-18-10-4-2-1-3-9(10)13(16)17/h1-6H,7H2,(H,14,15). The smallest absolute Gasteiger partial charge is 0.345 e. The Morgan fingerprint density at radius 1 is 1.32 bits per heavy atom. The van der Waals surface area contributed by atoms with Gasteiger partial charge in [0.1, 0.15) is 11.5 Å². The largest absolute Gasteiger partial charge is 0.481 e. The molecule has 0 fully saturated rings. The number of rotatable bonds is 5.